The summed E-state index contributed by atoms with van der Waals surface area (Å²) in [6.07, 6.45) is 26.6. The summed E-state index contributed by atoms with van der Waals surface area (Å²) < 4.78 is 0. The highest BCUT2D eigenvalue weighted by Crippen LogP contribution is 2.45. The molecule has 0 bridgehead atoms. The number of carbonyl (C=O) groups excluding carboxylic acids is 1. The zero-order valence-electron chi connectivity index (χ0n) is 25.8. The number of unbranched alkanes of at least 4 members (excludes halogenated alkanes) is 2. The first-order valence-electron chi connectivity index (χ1n) is 17.0. The highest BCUT2D eigenvalue weighted by atomic mass is 16.2. The molecule has 218 valence electrons. The fourth-order valence-electron chi connectivity index (χ4n) is 8.61. The number of carbonyl (C=O) groups is 1. The molecule has 2 nitrogen and oxygen atoms in total. The molecule has 3 aliphatic carbocycles. The van der Waals surface area contributed by atoms with Gasteiger partial charge >= 0.3 is 0 Å². The zero-order valence-corrected chi connectivity index (χ0v) is 25.8. The topological polar surface area (TPSA) is 20.3 Å². The molecule has 0 spiro atoms. The summed E-state index contributed by atoms with van der Waals surface area (Å²) in [5, 5.41) is 0. The maximum atomic E-state index is 11.7. The van der Waals surface area contributed by atoms with E-state index in [1.807, 2.05) is 11.9 Å². The largest absolute Gasteiger partial charge is 0.342 e. The number of likely N-dealkylation sites (N-methyl/N-ethyl adjacent to an activating group) is 1. The van der Waals surface area contributed by atoms with Gasteiger partial charge in [0, 0.05) is 13.6 Å². The lowest BCUT2D eigenvalue weighted by Gasteiger charge is -2.38. The Morgan fingerprint density at radius 3 is 1.97 bits per heavy atom. The SMILES string of the molecule is C=CC(=O)N(C)CCCC1CCC(C2CCC(c3ccc(C4CCC(CCCCC)CC4)cc3C)CC2)CC1. The Labute approximate surface area is 241 Å². The number of rotatable bonds is 12. The molecule has 0 unspecified atom stereocenters. The van der Waals surface area contributed by atoms with E-state index in [0.29, 0.717) is 0 Å². The highest BCUT2D eigenvalue weighted by molar-refractivity contribution is 5.86. The lowest BCUT2D eigenvalue weighted by Crippen LogP contribution is -2.27. The van der Waals surface area contributed by atoms with Gasteiger partial charge in [0.15, 0.2) is 0 Å². The molecular weight excluding hydrogens is 474 g/mol. The molecule has 1 aromatic rings. The molecule has 0 atom stereocenters. The first-order valence-corrected chi connectivity index (χ1v) is 17.0. The summed E-state index contributed by atoms with van der Waals surface area (Å²) in [6, 6.07) is 7.63. The molecule has 1 aromatic carbocycles. The van der Waals surface area contributed by atoms with Crippen molar-refractivity contribution in [1.82, 2.24) is 4.90 Å². The van der Waals surface area contributed by atoms with Gasteiger partial charge in [-0.15, -0.1) is 0 Å². The van der Waals surface area contributed by atoms with E-state index < -0.39 is 0 Å². The molecule has 0 aromatic heterocycles. The van der Waals surface area contributed by atoms with Crippen molar-refractivity contribution in [2.24, 2.45) is 23.7 Å². The van der Waals surface area contributed by atoms with Crippen LogP contribution in [0.15, 0.2) is 30.9 Å². The van der Waals surface area contributed by atoms with Gasteiger partial charge in [0.2, 0.25) is 5.91 Å². The van der Waals surface area contributed by atoms with Crippen LogP contribution in [0.4, 0.5) is 0 Å². The van der Waals surface area contributed by atoms with Crippen LogP contribution in [0.25, 0.3) is 0 Å². The summed E-state index contributed by atoms with van der Waals surface area (Å²) in [5.74, 6) is 5.45. The Balaban J connectivity index is 1.17. The van der Waals surface area contributed by atoms with Gasteiger partial charge in [0.05, 0.1) is 0 Å². The number of benzene rings is 1. The van der Waals surface area contributed by atoms with Crippen molar-refractivity contribution >= 4 is 5.91 Å². The minimum absolute atomic E-state index is 0.0517. The molecule has 3 saturated carbocycles. The summed E-state index contributed by atoms with van der Waals surface area (Å²) >= 11 is 0. The van der Waals surface area contributed by atoms with Gasteiger partial charge in [-0.25, -0.2) is 0 Å². The quantitative estimate of drug-likeness (QED) is 0.193. The normalized spacial score (nSPS) is 29.6. The standard InChI is InChI=1S/C37H59NO/c1-5-7-8-10-29-14-18-33(19-15-29)35-24-25-36(28(3)27-35)34-22-20-32(21-23-34)31-16-12-30(13-17-31)11-9-26-38(4)37(39)6-2/h6,24-25,27,29-34H,2,5,7-23,26H2,1,3-4H3. The molecule has 3 aliphatic rings. The fraction of sp³-hybridized carbons (Fsp3) is 0.757. The van der Waals surface area contributed by atoms with Crippen LogP contribution in [0.3, 0.4) is 0 Å². The van der Waals surface area contributed by atoms with Crippen molar-refractivity contribution in [3.05, 3.63) is 47.5 Å². The third-order valence-electron chi connectivity index (χ3n) is 11.3. The predicted molar refractivity (Wildman–Crippen MR) is 167 cm³/mol. The summed E-state index contributed by atoms with van der Waals surface area (Å²) in [4.78, 5) is 13.5. The molecule has 39 heavy (non-hydrogen) atoms. The summed E-state index contributed by atoms with van der Waals surface area (Å²) in [6.45, 7) is 9.19. The lowest BCUT2D eigenvalue weighted by atomic mass is 9.67. The van der Waals surface area contributed by atoms with Gasteiger partial charge in [-0.05, 0) is 142 Å². The van der Waals surface area contributed by atoms with Crippen LogP contribution in [-0.2, 0) is 4.79 Å². The number of hydrogen-bond donors (Lipinski definition) is 0. The first kappa shape index (κ1) is 30.4. The maximum absolute atomic E-state index is 11.7. The van der Waals surface area contributed by atoms with Gasteiger partial charge < -0.3 is 4.90 Å². The van der Waals surface area contributed by atoms with Gasteiger partial charge in [0.25, 0.3) is 0 Å². The first-order chi connectivity index (χ1) is 19.0. The average Bonchev–Trinajstić information content (AvgIpc) is 2.97. The number of nitrogens with zero attached hydrogens (tertiary/aromatic N) is 1. The van der Waals surface area contributed by atoms with Crippen LogP contribution in [-0.4, -0.2) is 24.4 Å². The van der Waals surface area contributed by atoms with Gasteiger partial charge in [-0.3, -0.25) is 4.79 Å². The van der Waals surface area contributed by atoms with Crippen molar-refractivity contribution in [2.45, 2.75) is 141 Å². The monoisotopic (exact) mass is 533 g/mol. The van der Waals surface area contributed by atoms with Crippen LogP contribution in [0, 0.1) is 30.6 Å². The van der Waals surface area contributed by atoms with Crippen LogP contribution in [0.5, 0.6) is 0 Å². The molecule has 0 saturated heterocycles. The predicted octanol–water partition coefficient (Wildman–Crippen LogP) is 10.4. The molecule has 0 radical (unpaired) electrons. The Hall–Kier alpha value is -1.57. The Kier molecular flexibility index (Phi) is 12.0. The van der Waals surface area contributed by atoms with Gasteiger partial charge in [0.1, 0.15) is 0 Å². The number of amides is 1. The van der Waals surface area contributed by atoms with Gasteiger partial charge in [-0.1, -0.05) is 70.2 Å². The second-order valence-corrected chi connectivity index (χ2v) is 13.8. The second kappa shape index (κ2) is 15.4. The van der Waals surface area contributed by atoms with E-state index in [4.69, 9.17) is 0 Å². The third kappa shape index (κ3) is 8.71. The van der Waals surface area contributed by atoms with E-state index in [1.54, 1.807) is 16.7 Å². The molecule has 2 heteroatoms. The molecule has 0 heterocycles. The number of aryl methyl sites for hydroxylation is 1. The van der Waals surface area contributed by atoms with Crippen LogP contribution < -0.4 is 0 Å². The van der Waals surface area contributed by atoms with Crippen molar-refractivity contribution in [1.29, 1.82) is 0 Å². The van der Waals surface area contributed by atoms with E-state index in [-0.39, 0.29) is 5.91 Å². The van der Waals surface area contributed by atoms with Crippen molar-refractivity contribution < 1.29 is 4.79 Å². The summed E-state index contributed by atoms with van der Waals surface area (Å²) in [5.41, 5.74) is 4.86. The Bertz CT molecular complexity index is 881. The van der Waals surface area contributed by atoms with Crippen molar-refractivity contribution in [3.8, 4) is 0 Å². The van der Waals surface area contributed by atoms with E-state index in [1.165, 1.54) is 115 Å². The molecule has 1 amide bonds. The number of hydrogen-bond acceptors (Lipinski definition) is 1. The van der Waals surface area contributed by atoms with Crippen molar-refractivity contribution in [3.63, 3.8) is 0 Å². The minimum atomic E-state index is 0.0517. The van der Waals surface area contributed by atoms with Crippen LogP contribution >= 0.6 is 0 Å². The lowest BCUT2D eigenvalue weighted by molar-refractivity contribution is -0.124. The second-order valence-electron chi connectivity index (χ2n) is 13.8. The molecule has 3 fully saturated rings. The van der Waals surface area contributed by atoms with Crippen LogP contribution in [0.2, 0.25) is 0 Å². The smallest absolute Gasteiger partial charge is 0.245 e. The van der Waals surface area contributed by atoms with Gasteiger partial charge in [-0.2, -0.15) is 0 Å². The van der Waals surface area contributed by atoms with E-state index in [9.17, 15) is 4.79 Å². The zero-order chi connectivity index (χ0) is 27.6. The fourth-order valence-corrected chi connectivity index (χ4v) is 8.61. The average molecular weight is 534 g/mol. The van der Waals surface area contributed by atoms with Crippen molar-refractivity contribution in [2.75, 3.05) is 13.6 Å². The maximum Gasteiger partial charge on any atom is 0.245 e. The molecule has 0 aliphatic heterocycles. The summed E-state index contributed by atoms with van der Waals surface area (Å²) in [7, 11) is 1.90. The van der Waals surface area contributed by atoms with Crippen LogP contribution in [0.1, 0.15) is 151 Å². The van der Waals surface area contributed by atoms with E-state index in [0.717, 1.165) is 48.5 Å². The molecule has 4 rings (SSSR count). The highest BCUT2D eigenvalue weighted by Gasteiger charge is 2.32. The molecule has 0 N–H and O–H groups in total. The third-order valence-corrected chi connectivity index (χ3v) is 11.3. The molecular formula is C37H59NO. The minimum Gasteiger partial charge on any atom is -0.342 e. The van der Waals surface area contributed by atoms with E-state index in [2.05, 4.69) is 38.6 Å². The Morgan fingerprint density at radius 1 is 0.821 bits per heavy atom. The Morgan fingerprint density at radius 2 is 1.38 bits per heavy atom. The van der Waals surface area contributed by atoms with E-state index >= 15 is 0 Å².